The fourth-order valence-electron chi connectivity index (χ4n) is 2.36. The molecule has 1 rings (SSSR count). The lowest BCUT2D eigenvalue weighted by Crippen LogP contribution is -2.51. The molecule has 0 spiro atoms. The number of ether oxygens (including phenoxy) is 1. The van der Waals surface area contributed by atoms with Gasteiger partial charge >= 0.3 is 5.97 Å². The zero-order chi connectivity index (χ0) is 14.4. The molecule has 1 aliphatic rings. The van der Waals surface area contributed by atoms with Crippen molar-refractivity contribution in [1.29, 1.82) is 0 Å². The molecule has 1 N–H and O–H groups in total. The van der Waals surface area contributed by atoms with Gasteiger partial charge in [0, 0.05) is 6.04 Å². The Kier molecular flexibility index (Phi) is 6.28. The number of amides is 1. The van der Waals surface area contributed by atoms with Crippen LogP contribution >= 0.6 is 0 Å². The molecule has 0 aromatic rings. The van der Waals surface area contributed by atoms with Crippen LogP contribution in [0.4, 0.5) is 0 Å². The minimum absolute atomic E-state index is 0.00875. The molecular formula is C14H26N2O3. The lowest BCUT2D eigenvalue weighted by molar-refractivity contribution is -0.149. The third-order valence-electron chi connectivity index (χ3n) is 3.73. The minimum atomic E-state index is -0.286. The van der Waals surface area contributed by atoms with Crippen LogP contribution in [0.3, 0.4) is 0 Å². The number of hydrogen-bond acceptors (Lipinski definition) is 4. The molecule has 1 heterocycles. The van der Waals surface area contributed by atoms with E-state index < -0.39 is 0 Å². The molecule has 3 atom stereocenters. The van der Waals surface area contributed by atoms with E-state index in [-0.39, 0.29) is 30.0 Å². The van der Waals surface area contributed by atoms with Crippen LogP contribution in [0.15, 0.2) is 0 Å². The Bertz CT molecular complexity index is 320. The summed E-state index contributed by atoms with van der Waals surface area (Å²) in [4.78, 5) is 25.9. The van der Waals surface area contributed by atoms with Crippen LogP contribution in [0.1, 0.15) is 47.0 Å². The van der Waals surface area contributed by atoms with E-state index in [1.54, 1.807) is 6.92 Å². The first kappa shape index (κ1) is 16.0. The first-order valence-electron chi connectivity index (χ1n) is 7.24. The number of esters is 1. The third kappa shape index (κ3) is 4.20. The van der Waals surface area contributed by atoms with Crippen molar-refractivity contribution in [2.24, 2.45) is 0 Å². The lowest BCUT2D eigenvalue weighted by Gasteiger charge is -2.29. The molecule has 1 saturated heterocycles. The first-order valence-corrected chi connectivity index (χ1v) is 7.24. The molecule has 3 unspecified atom stereocenters. The van der Waals surface area contributed by atoms with Gasteiger partial charge in [-0.3, -0.25) is 14.5 Å². The highest BCUT2D eigenvalue weighted by Crippen LogP contribution is 2.21. The van der Waals surface area contributed by atoms with Crippen LogP contribution in [0.2, 0.25) is 0 Å². The molecule has 5 nitrogen and oxygen atoms in total. The van der Waals surface area contributed by atoms with Gasteiger partial charge in [-0.25, -0.2) is 0 Å². The molecule has 1 fully saturated rings. The Morgan fingerprint density at radius 1 is 1.37 bits per heavy atom. The maximum atomic E-state index is 12.1. The summed E-state index contributed by atoms with van der Waals surface area (Å²) < 4.78 is 5.08. The van der Waals surface area contributed by atoms with E-state index in [1.165, 1.54) is 0 Å². The highest BCUT2D eigenvalue weighted by Gasteiger charge is 2.37. The molecule has 1 amide bonds. The van der Waals surface area contributed by atoms with Crippen molar-refractivity contribution < 1.29 is 14.3 Å². The van der Waals surface area contributed by atoms with Crippen LogP contribution in [-0.4, -0.2) is 48.1 Å². The van der Waals surface area contributed by atoms with Crippen molar-refractivity contribution in [3.05, 3.63) is 0 Å². The third-order valence-corrected chi connectivity index (χ3v) is 3.73. The summed E-state index contributed by atoms with van der Waals surface area (Å²) in [6.45, 7) is 8.84. The van der Waals surface area contributed by atoms with E-state index in [2.05, 4.69) is 5.32 Å². The minimum Gasteiger partial charge on any atom is -0.465 e. The molecule has 1 aliphatic heterocycles. The molecule has 0 aromatic heterocycles. The number of hydrogen-bond donors (Lipinski definition) is 1. The van der Waals surface area contributed by atoms with E-state index in [0.29, 0.717) is 6.61 Å². The Hall–Kier alpha value is -1.10. The zero-order valence-electron chi connectivity index (χ0n) is 12.4. The lowest BCUT2D eigenvalue weighted by atomic mass is 10.1. The molecule has 0 saturated carbocycles. The average molecular weight is 270 g/mol. The molecule has 19 heavy (non-hydrogen) atoms. The second kappa shape index (κ2) is 7.48. The number of carbonyl (C=O) groups is 2. The number of carbonyl (C=O) groups excluding carboxylic acids is 2. The SMILES string of the molecule is CCOC(=O)C1CCCN1C(C)C(=O)NC(C)CC. The largest absolute Gasteiger partial charge is 0.465 e. The van der Waals surface area contributed by atoms with Gasteiger partial charge in [0.25, 0.3) is 0 Å². The van der Waals surface area contributed by atoms with Gasteiger partial charge in [-0.15, -0.1) is 0 Å². The van der Waals surface area contributed by atoms with Gasteiger partial charge in [0.2, 0.25) is 5.91 Å². The summed E-state index contributed by atoms with van der Waals surface area (Å²) in [7, 11) is 0. The second-order valence-electron chi connectivity index (χ2n) is 5.14. The normalized spacial score (nSPS) is 22.8. The zero-order valence-corrected chi connectivity index (χ0v) is 12.4. The van der Waals surface area contributed by atoms with E-state index in [1.807, 2.05) is 25.7 Å². The summed E-state index contributed by atoms with van der Waals surface area (Å²) >= 11 is 0. The Morgan fingerprint density at radius 2 is 2.05 bits per heavy atom. The molecule has 0 aromatic carbocycles. The Morgan fingerprint density at radius 3 is 2.63 bits per heavy atom. The number of nitrogens with zero attached hydrogens (tertiary/aromatic N) is 1. The van der Waals surface area contributed by atoms with Gasteiger partial charge in [-0.1, -0.05) is 6.92 Å². The van der Waals surface area contributed by atoms with Crippen molar-refractivity contribution in [1.82, 2.24) is 10.2 Å². The van der Waals surface area contributed by atoms with Crippen LogP contribution in [0, 0.1) is 0 Å². The Labute approximate surface area is 115 Å². The van der Waals surface area contributed by atoms with Gasteiger partial charge in [-0.05, 0) is 46.6 Å². The quantitative estimate of drug-likeness (QED) is 0.740. The van der Waals surface area contributed by atoms with Gasteiger partial charge in [0.05, 0.1) is 12.6 Å². The molecule has 0 radical (unpaired) electrons. The monoisotopic (exact) mass is 270 g/mol. The summed E-state index contributed by atoms with van der Waals surface area (Å²) in [6, 6.07) is -0.387. The molecule has 0 aliphatic carbocycles. The van der Waals surface area contributed by atoms with Gasteiger partial charge in [0.1, 0.15) is 6.04 Å². The van der Waals surface area contributed by atoms with E-state index in [9.17, 15) is 9.59 Å². The van der Waals surface area contributed by atoms with Gasteiger partial charge < -0.3 is 10.1 Å². The van der Waals surface area contributed by atoms with Crippen LogP contribution in [0.5, 0.6) is 0 Å². The smallest absolute Gasteiger partial charge is 0.323 e. The van der Waals surface area contributed by atoms with Gasteiger partial charge in [-0.2, -0.15) is 0 Å². The average Bonchev–Trinajstić information content (AvgIpc) is 2.86. The van der Waals surface area contributed by atoms with Gasteiger partial charge in [0.15, 0.2) is 0 Å². The van der Waals surface area contributed by atoms with E-state index in [4.69, 9.17) is 4.74 Å². The van der Waals surface area contributed by atoms with Crippen LogP contribution in [-0.2, 0) is 14.3 Å². The van der Waals surface area contributed by atoms with E-state index in [0.717, 1.165) is 25.8 Å². The Balaban J connectivity index is 2.61. The maximum Gasteiger partial charge on any atom is 0.323 e. The maximum absolute atomic E-state index is 12.1. The predicted octanol–water partition coefficient (Wildman–Crippen LogP) is 1.32. The molecule has 0 bridgehead atoms. The topological polar surface area (TPSA) is 58.6 Å². The second-order valence-corrected chi connectivity index (χ2v) is 5.14. The van der Waals surface area contributed by atoms with E-state index >= 15 is 0 Å². The van der Waals surface area contributed by atoms with Crippen molar-refractivity contribution in [3.8, 4) is 0 Å². The number of rotatable bonds is 6. The van der Waals surface area contributed by atoms with Crippen molar-refractivity contribution in [2.45, 2.75) is 65.1 Å². The van der Waals surface area contributed by atoms with Crippen LogP contribution < -0.4 is 5.32 Å². The summed E-state index contributed by atoms with van der Waals surface area (Å²) in [5.74, 6) is -0.214. The molecule has 110 valence electrons. The van der Waals surface area contributed by atoms with Crippen molar-refractivity contribution in [2.75, 3.05) is 13.2 Å². The predicted molar refractivity (Wildman–Crippen MR) is 73.7 cm³/mol. The summed E-state index contributed by atoms with van der Waals surface area (Å²) in [6.07, 6.45) is 2.62. The first-order chi connectivity index (χ1) is 9.01. The standard InChI is InChI=1S/C14H26N2O3/c1-5-10(3)15-13(17)11(4)16-9-7-8-12(16)14(18)19-6-2/h10-12H,5-9H2,1-4H3,(H,15,17). The van der Waals surface area contributed by atoms with Crippen molar-refractivity contribution in [3.63, 3.8) is 0 Å². The van der Waals surface area contributed by atoms with Crippen LogP contribution in [0.25, 0.3) is 0 Å². The number of likely N-dealkylation sites (tertiary alicyclic amines) is 1. The highest BCUT2D eigenvalue weighted by atomic mass is 16.5. The fraction of sp³-hybridized carbons (Fsp3) is 0.857. The number of nitrogens with one attached hydrogen (secondary N) is 1. The molecule has 5 heteroatoms. The highest BCUT2D eigenvalue weighted by molar-refractivity contribution is 5.83. The summed E-state index contributed by atoms with van der Waals surface area (Å²) in [5.41, 5.74) is 0. The van der Waals surface area contributed by atoms with Crippen molar-refractivity contribution >= 4 is 11.9 Å². The molecular weight excluding hydrogens is 244 g/mol. The summed E-state index contributed by atoms with van der Waals surface area (Å²) in [5, 5.41) is 2.96. The fourth-order valence-corrected chi connectivity index (χ4v) is 2.36.